The summed E-state index contributed by atoms with van der Waals surface area (Å²) in [6, 6.07) is 37.5. The van der Waals surface area contributed by atoms with Crippen LogP contribution in [-0.2, 0) is 29.1 Å². The molecule has 0 unspecified atom stereocenters. The Hall–Kier alpha value is -4.10. The highest BCUT2D eigenvalue weighted by molar-refractivity contribution is 5.96. The smallest absolute Gasteiger partial charge is 0.0543 e. The van der Waals surface area contributed by atoms with Crippen LogP contribution in [0.15, 0.2) is 97.1 Å². The first-order valence-electron chi connectivity index (χ1n) is 17.9. The molecule has 8 rings (SSSR count). The standard InChI is InChI=1S/C46H49N/c1-30-21-24-39-42(45(4,5)26-25-44(39,2)3)43(30)47(34-17-9-8-10-18-34)41-29-40-37(35-19-13-14-20-38(35)46(40,6)7)28-36(41)33-23-22-31-15-11-12-16-32(31)27-33/h8-10,13-14,17-24,27-29H,11-12,15-16,25-26H2,1-7H3. The third-order valence-corrected chi connectivity index (χ3v) is 12.0. The summed E-state index contributed by atoms with van der Waals surface area (Å²) >= 11 is 0. The number of benzene rings is 5. The van der Waals surface area contributed by atoms with Gasteiger partial charge in [-0.15, -0.1) is 0 Å². The Kier molecular flexibility index (Phi) is 6.89. The Labute approximate surface area is 282 Å². The number of nitrogens with zero attached hydrogens (tertiary/aromatic N) is 1. The number of anilines is 3. The van der Waals surface area contributed by atoms with Gasteiger partial charge in [0.05, 0.1) is 11.4 Å². The van der Waals surface area contributed by atoms with Gasteiger partial charge < -0.3 is 4.90 Å². The van der Waals surface area contributed by atoms with Gasteiger partial charge in [0.1, 0.15) is 0 Å². The Balaban J connectivity index is 1.48. The predicted octanol–water partition coefficient (Wildman–Crippen LogP) is 12.7. The molecule has 0 radical (unpaired) electrons. The van der Waals surface area contributed by atoms with Gasteiger partial charge in [0, 0.05) is 16.7 Å². The molecule has 0 spiro atoms. The molecule has 0 saturated carbocycles. The van der Waals surface area contributed by atoms with Crippen LogP contribution < -0.4 is 4.90 Å². The van der Waals surface area contributed by atoms with Crippen LogP contribution in [0.25, 0.3) is 22.3 Å². The third-order valence-electron chi connectivity index (χ3n) is 12.0. The van der Waals surface area contributed by atoms with Gasteiger partial charge in [0.25, 0.3) is 0 Å². The van der Waals surface area contributed by atoms with Crippen molar-refractivity contribution in [1.82, 2.24) is 0 Å². The highest BCUT2D eigenvalue weighted by atomic mass is 15.2. The van der Waals surface area contributed by atoms with Crippen LogP contribution >= 0.6 is 0 Å². The average molecular weight is 616 g/mol. The molecule has 0 atom stereocenters. The van der Waals surface area contributed by atoms with Crippen LogP contribution in [0, 0.1) is 6.92 Å². The minimum atomic E-state index is -0.0934. The molecule has 5 aromatic carbocycles. The minimum absolute atomic E-state index is 0.0530. The summed E-state index contributed by atoms with van der Waals surface area (Å²) in [5.41, 5.74) is 19.6. The second-order valence-corrected chi connectivity index (χ2v) is 16.4. The molecule has 0 aromatic heterocycles. The molecule has 0 amide bonds. The zero-order valence-corrected chi connectivity index (χ0v) is 29.4. The van der Waals surface area contributed by atoms with Crippen molar-refractivity contribution in [3.63, 3.8) is 0 Å². The monoisotopic (exact) mass is 615 g/mol. The highest BCUT2D eigenvalue weighted by Crippen LogP contribution is 2.57. The molecule has 0 heterocycles. The van der Waals surface area contributed by atoms with E-state index in [1.165, 1.54) is 117 Å². The van der Waals surface area contributed by atoms with E-state index in [1.54, 1.807) is 0 Å². The molecule has 0 saturated heterocycles. The number of aryl methyl sites for hydroxylation is 3. The second kappa shape index (κ2) is 10.7. The molecule has 3 aliphatic carbocycles. The van der Waals surface area contributed by atoms with Crippen molar-refractivity contribution >= 4 is 17.1 Å². The summed E-state index contributed by atoms with van der Waals surface area (Å²) < 4.78 is 0. The lowest BCUT2D eigenvalue weighted by Crippen LogP contribution is -2.35. The van der Waals surface area contributed by atoms with Gasteiger partial charge >= 0.3 is 0 Å². The molecular weight excluding hydrogens is 567 g/mol. The van der Waals surface area contributed by atoms with E-state index >= 15 is 0 Å². The third kappa shape index (κ3) is 4.72. The Morgan fingerprint density at radius 3 is 2.04 bits per heavy atom. The summed E-state index contributed by atoms with van der Waals surface area (Å²) in [6.45, 7) is 17.0. The van der Waals surface area contributed by atoms with Crippen molar-refractivity contribution in [3.8, 4) is 22.3 Å². The van der Waals surface area contributed by atoms with E-state index in [4.69, 9.17) is 0 Å². The average Bonchev–Trinajstić information content (AvgIpc) is 3.29. The summed E-state index contributed by atoms with van der Waals surface area (Å²) in [6.07, 6.45) is 7.34. The molecule has 3 aliphatic rings. The normalized spacial score (nSPS) is 18.1. The Morgan fingerprint density at radius 1 is 0.553 bits per heavy atom. The maximum atomic E-state index is 2.64. The summed E-state index contributed by atoms with van der Waals surface area (Å²) in [7, 11) is 0. The lowest BCUT2D eigenvalue weighted by molar-refractivity contribution is 0.332. The van der Waals surface area contributed by atoms with Gasteiger partial charge in [-0.1, -0.05) is 114 Å². The van der Waals surface area contributed by atoms with Crippen molar-refractivity contribution in [1.29, 1.82) is 0 Å². The molecule has 238 valence electrons. The first kappa shape index (κ1) is 30.2. The fourth-order valence-electron chi connectivity index (χ4n) is 9.14. The number of rotatable bonds is 4. The molecule has 0 bridgehead atoms. The molecular formula is C46H49N. The predicted molar refractivity (Wildman–Crippen MR) is 201 cm³/mol. The first-order valence-corrected chi connectivity index (χ1v) is 17.9. The van der Waals surface area contributed by atoms with Gasteiger partial charge in [-0.3, -0.25) is 0 Å². The number of fused-ring (bicyclic) bond motifs is 5. The van der Waals surface area contributed by atoms with Crippen LogP contribution in [0.3, 0.4) is 0 Å². The van der Waals surface area contributed by atoms with E-state index < -0.39 is 0 Å². The van der Waals surface area contributed by atoms with E-state index in [2.05, 4.69) is 150 Å². The summed E-state index contributed by atoms with van der Waals surface area (Å²) in [4.78, 5) is 2.64. The van der Waals surface area contributed by atoms with E-state index in [0.717, 1.165) is 0 Å². The van der Waals surface area contributed by atoms with E-state index in [9.17, 15) is 0 Å². The van der Waals surface area contributed by atoms with Gasteiger partial charge in [-0.25, -0.2) is 0 Å². The Bertz CT molecular complexity index is 2020. The zero-order chi connectivity index (χ0) is 32.7. The van der Waals surface area contributed by atoms with E-state index in [1.807, 2.05) is 0 Å². The van der Waals surface area contributed by atoms with Gasteiger partial charge in [-0.2, -0.15) is 0 Å². The topological polar surface area (TPSA) is 3.24 Å². The number of hydrogen-bond acceptors (Lipinski definition) is 1. The highest BCUT2D eigenvalue weighted by Gasteiger charge is 2.42. The molecule has 47 heavy (non-hydrogen) atoms. The van der Waals surface area contributed by atoms with Crippen LogP contribution in [0.5, 0.6) is 0 Å². The van der Waals surface area contributed by atoms with Crippen LogP contribution in [-0.4, -0.2) is 0 Å². The fraction of sp³-hybridized carbons (Fsp3) is 0.348. The zero-order valence-electron chi connectivity index (χ0n) is 29.4. The van der Waals surface area contributed by atoms with E-state index in [-0.39, 0.29) is 16.2 Å². The lowest BCUT2D eigenvalue weighted by atomic mass is 9.62. The molecule has 0 fully saturated rings. The molecule has 0 N–H and O–H groups in total. The van der Waals surface area contributed by atoms with Crippen molar-refractivity contribution in [2.45, 2.75) is 103 Å². The number of hydrogen-bond donors (Lipinski definition) is 0. The molecule has 0 aliphatic heterocycles. The van der Waals surface area contributed by atoms with Crippen LogP contribution in [0.2, 0.25) is 0 Å². The van der Waals surface area contributed by atoms with Crippen LogP contribution in [0.4, 0.5) is 17.1 Å². The largest absolute Gasteiger partial charge is 0.309 e. The maximum absolute atomic E-state index is 2.64. The summed E-state index contributed by atoms with van der Waals surface area (Å²) in [5.74, 6) is 0. The van der Waals surface area contributed by atoms with Crippen molar-refractivity contribution in [2.75, 3.05) is 4.90 Å². The van der Waals surface area contributed by atoms with Crippen molar-refractivity contribution in [3.05, 3.63) is 136 Å². The summed E-state index contributed by atoms with van der Waals surface area (Å²) in [5, 5.41) is 0. The first-order chi connectivity index (χ1) is 22.5. The Morgan fingerprint density at radius 2 is 1.26 bits per heavy atom. The van der Waals surface area contributed by atoms with Gasteiger partial charge in [0.2, 0.25) is 0 Å². The molecule has 1 nitrogen and oxygen atoms in total. The van der Waals surface area contributed by atoms with Crippen molar-refractivity contribution < 1.29 is 0 Å². The lowest BCUT2D eigenvalue weighted by Gasteiger charge is -2.45. The molecule has 5 aromatic rings. The fourth-order valence-corrected chi connectivity index (χ4v) is 9.14. The SMILES string of the molecule is Cc1ccc2c(c1N(c1ccccc1)c1cc3c(cc1-c1ccc4c(c1)CCCC4)-c1ccccc1C3(C)C)C(C)(C)CCC2(C)C. The maximum Gasteiger partial charge on any atom is 0.0543 e. The number of para-hydroxylation sites is 1. The van der Waals surface area contributed by atoms with Gasteiger partial charge in [0.15, 0.2) is 0 Å². The van der Waals surface area contributed by atoms with Crippen LogP contribution in [0.1, 0.15) is 106 Å². The van der Waals surface area contributed by atoms with E-state index in [0.29, 0.717) is 0 Å². The minimum Gasteiger partial charge on any atom is -0.309 e. The quantitative estimate of drug-likeness (QED) is 0.194. The molecule has 1 heteroatoms. The van der Waals surface area contributed by atoms with Gasteiger partial charge in [-0.05, 0) is 136 Å². The second-order valence-electron chi connectivity index (χ2n) is 16.4. The van der Waals surface area contributed by atoms with Crippen molar-refractivity contribution in [2.24, 2.45) is 0 Å².